The molecule has 3 heterocycles. The number of anilines is 1. The number of carbonyl (C=O) groups is 3. The van der Waals surface area contributed by atoms with Crippen LogP contribution in [0.2, 0.25) is 0 Å². The fourth-order valence-electron chi connectivity index (χ4n) is 8.42. The van der Waals surface area contributed by atoms with Gasteiger partial charge in [0.25, 0.3) is 5.91 Å². The molecule has 0 bridgehead atoms. The topological polar surface area (TPSA) is 102 Å². The Morgan fingerprint density at radius 2 is 1.53 bits per heavy atom. The van der Waals surface area contributed by atoms with Crippen LogP contribution in [0.25, 0.3) is 11.1 Å². The molecule has 2 fully saturated rings. The molecule has 3 amide bonds. The summed E-state index contributed by atoms with van der Waals surface area (Å²) in [4.78, 5) is 44.0. The number of nitrogens with one attached hydrogen (secondary N) is 1. The second-order valence-electron chi connectivity index (χ2n) is 15.1. The number of fused-ring (bicyclic) bond motifs is 1. The first kappa shape index (κ1) is 37.9. The van der Waals surface area contributed by atoms with Gasteiger partial charge in [0, 0.05) is 49.4 Å². The third-order valence-corrected chi connectivity index (χ3v) is 11.4. The summed E-state index contributed by atoms with van der Waals surface area (Å²) in [6.07, 6.45) is 4.68. The van der Waals surface area contributed by atoms with Crippen molar-refractivity contribution in [2.45, 2.75) is 84.0 Å². The van der Waals surface area contributed by atoms with Gasteiger partial charge in [-0.25, -0.2) is 0 Å². The van der Waals surface area contributed by atoms with Crippen LogP contribution in [0.5, 0.6) is 11.5 Å². The van der Waals surface area contributed by atoms with Crippen LogP contribution in [-0.4, -0.2) is 77.0 Å². The molecule has 4 aromatic carbocycles. The highest BCUT2D eigenvalue weighted by molar-refractivity contribution is 6.05. The number of rotatable bonds is 13. The van der Waals surface area contributed by atoms with Crippen molar-refractivity contribution in [3.05, 3.63) is 125 Å². The number of amides is 3. The van der Waals surface area contributed by atoms with Gasteiger partial charge < -0.3 is 19.6 Å². The summed E-state index contributed by atoms with van der Waals surface area (Å²) in [6.45, 7) is 10.7. The molecular formula is C46H52N4O5. The second-order valence-corrected chi connectivity index (χ2v) is 15.1. The van der Waals surface area contributed by atoms with Crippen molar-refractivity contribution in [1.82, 2.24) is 15.1 Å². The molecule has 0 saturated carbocycles. The second kappa shape index (κ2) is 16.9. The van der Waals surface area contributed by atoms with Crippen molar-refractivity contribution in [2.75, 3.05) is 31.1 Å². The molecule has 0 aliphatic carbocycles. The van der Waals surface area contributed by atoms with Gasteiger partial charge in [0.1, 0.15) is 17.5 Å². The Morgan fingerprint density at radius 3 is 2.24 bits per heavy atom. The number of unbranched alkanes of at least 4 members (excludes halogenated alkanes) is 2. The summed E-state index contributed by atoms with van der Waals surface area (Å²) in [5.74, 6) is 0.330. The summed E-state index contributed by atoms with van der Waals surface area (Å²) < 4.78 is 6.19. The van der Waals surface area contributed by atoms with E-state index in [0.29, 0.717) is 37.2 Å². The minimum atomic E-state index is -0.601. The summed E-state index contributed by atoms with van der Waals surface area (Å²) in [7, 11) is 0. The van der Waals surface area contributed by atoms with E-state index in [1.54, 1.807) is 17.0 Å². The normalized spacial score (nSPS) is 20.6. The van der Waals surface area contributed by atoms with E-state index < -0.39 is 6.04 Å². The molecule has 0 spiro atoms. The Kier molecular flexibility index (Phi) is 11.7. The minimum absolute atomic E-state index is 0.136. The largest absolute Gasteiger partial charge is 0.508 e. The van der Waals surface area contributed by atoms with Crippen LogP contribution >= 0.6 is 0 Å². The van der Waals surface area contributed by atoms with Crippen LogP contribution in [-0.2, 0) is 16.1 Å². The molecule has 0 radical (unpaired) electrons. The fourth-order valence-corrected chi connectivity index (χ4v) is 8.42. The summed E-state index contributed by atoms with van der Waals surface area (Å²) >= 11 is 0. The lowest BCUT2D eigenvalue weighted by Gasteiger charge is -2.45. The van der Waals surface area contributed by atoms with E-state index in [4.69, 9.17) is 4.74 Å². The maximum atomic E-state index is 13.2. The number of phenols is 1. The van der Waals surface area contributed by atoms with Crippen LogP contribution in [0.3, 0.4) is 0 Å². The maximum Gasteiger partial charge on any atom is 0.255 e. The van der Waals surface area contributed by atoms with Crippen molar-refractivity contribution in [3.63, 3.8) is 0 Å². The lowest BCUT2D eigenvalue weighted by atomic mass is 9.88. The highest BCUT2D eigenvalue weighted by Gasteiger charge is 2.39. The highest BCUT2D eigenvalue weighted by Crippen LogP contribution is 2.36. The summed E-state index contributed by atoms with van der Waals surface area (Å²) in [6, 6.07) is 32.5. The number of hydrogen-bond donors (Lipinski definition) is 2. The molecule has 3 aliphatic heterocycles. The maximum absolute atomic E-state index is 13.2. The first-order chi connectivity index (χ1) is 26.7. The minimum Gasteiger partial charge on any atom is -0.508 e. The van der Waals surface area contributed by atoms with Crippen molar-refractivity contribution < 1.29 is 24.2 Å². The third-order valence-electron chi connectivity index (χ3n) is 11.4. The zero-order valence-electron chi connectivity index (χ0n) is 32.2. The Labute approximate surface area is 324 Å². The third kappa shape index (κ3) is 8.47. The van der Waals surface area contributed by atoms with Crippen LogP contribution in [0, 0.1) is 0 Å². The Morgan fingerprint density at radius 1 is 0.800 bits per heavy atom. The molecule has 286 valence electrons. The van der Waals surface area contributed by atoms with Gasteiger partial charge >= 0.3 is 0 Å². The van der Waals surface area contributed by atoms with E-state index in [0.717, 1.165) is 79.0 Å². The number of nitrogens with zero attached hydrogens (tertiary/aromatic N) is 3. The van der Waals surface area contributed by atoms with Crippen LogP contribution in [0.15, 0.2) is 97.1 Å². The molecule has 3 atom stereocenters. The van der Waals surface area contributed by atoms with Crippen molar-refractivity contribution >= 4 is 34.6 Å². The number of phenolic OH excluding ortho intramolecular Hbond substituents is 1. The van der Waals surface area contributed by atoms with Gasteiger partial charge in [-0.15, -0.1) is 0 Å². The van der Waals surface area contributed by atoms with E-state index in [9.17, 15) is 19.5 Å². The predicted octanol–water partition coefficient (Wildman–Crippen LogP) is 7.67. The lowest BCUT2D eigenvalue weighted by molar-refractivity contribution is -0.136. The van der Waals surface area contributed by atoms with E-state index in [1.807, 2.05) is 30.3 Å². The number of aromatic hydroxyl groups is 1. The molecular weight excluding hydrogens is 689 g/mol. The average Bonchev–Trinajstić information content (AvgIpc) is 3.52. The number of hydrogen-bond acceptors (Lipinski definition) is 7. The number of imide groups is 1. The lowest BCUT2D eigenvalue weighted by Crippen LogP contribution is -2.56. The summed E-state index contributed by atoms with van der Waals surface area (Å²) in [5, 5.41) is 12.3. The number of benzene rings is 4. The molecule has 2 N–H and O–H groups in total. The van der Waals surface area contributed by atoms with Gasteiger partial charge in [0.05, 0.1) is 6.61 Å². The number of allylic oxidation sites excluding steroid dienone is 1. The number of piperazine rings is 1. The Balaban J connectivity index is 0.885. The molecule has 55 heavy (non-hydrogen) atoms. The van der Waals surface area contributed by atoms with Crippen LogP contribution in [0.4, 0.5) is 5.69 Å². The molecule has 2 saturated heterocycles. The fraction of sp³-hybridized carbons (Fsp3) is 0.370. The van der Waals surface area contributed by atoms with Gasteiger partial charge in [-0.1, -0.05) is 61.5 Å². The molecule has 9 heteroatoms. The standard InChI is InChI=1S/C46H52N4O5/c1-4-40(33-11-7-5-8-12-33)44(34-13-18-38(51)19-14-34)35-15-20-39(21-16-35)55-26-10-6-9-25-48-28-32(3)49(29-31(48)2)37-17-22-41-36(27-37)30-50(46(41)54)42-23-24-43(52)47-45(42)53/h5,7-8,11-22,27,31-32,42,51H,4,6,9-10,23-26,28-30H2,1-3H3,(H,47,52,53). The van der Waals surface area contributed by atoms with Crippen molar-refractivity contribution in [3.8, 4) is 11.5 Å². The molecule has 7 rings (SSSR count). The highest BCUT2D eigenvalue weighted by atomic mass is 16.5. The molecule has 3 unspecified atom stereocenters. The SMILES string of the molecule is CCC(=C(c1ccc(O)cc1)c1ccc(OCCCCCN2CC(C)N(c3ccc4c(c3)CN(C3CCC(=O)NC3=O)C4=O)CC2C)cc1)c1ccccc1. The monoisotopic (exact) mass is 740 g/mol. The average molecular weight is 741 g/mol. The molecule has 3 aliphatic rings. The summed E-state index contributed by atoms with van der Waals surface area (Å²) in [5.41, 5.74) is 8.49. The van der Waals surface area contributed by atoms with E-state index in [1.165, 1.54) is 11.1 Å². The predicted molar refractivity (Wildman–Crippen MR) is 217 cm³/mol. The molecule has 4 aromatic rings. The smallest absolute Gasteiger partial charge is 0.255 e. The van der Waals surface area contributed by atoms with E-state index in [2.05, 4.69) is 90.5 Å². The zero-order chi connectivity index (χ0) is 38.5. The van der Waals surface area contributed by atoms with Gasteiger partial charge in [-0.2, -0.15) is 0 Å². The first-order valence-electron chi connectivity index (χ1n) is 19.8. The van der Waals surface area contributed by atoms with Gasteiger partial charge in [-0.3, -0.25) is 24.6 Å². The quantitative estimate of drug-likeness (QED) is 0.0825. The number of carbonyl (C=O) groups excluding carboxylic acids is 3. The Bertz CT molecular complexity index is 2030. The Hall–Kier alpha value is -5.41. The molecule has 9 nitrogen and oxygen atoms in total. The van der Waals surface area contributed by atoms with Gasteiger partial charge in [0.15, 0.2) is 0 Å². The van der Waals surface area contributed by atoms with Crippen molar-refractivity contribution in [2.24, 2.45) is 0 Å². The van der Waals surface area contributed by atoms with Gasteiger partial charge in [0.2, 0.25) is 11.8 Å². The van der Waals surface area contributed by atoms with E-state index >= 15 is 0 Å². The van der Waals surface area contributed by atoms with Gasteiger partial charge in [-0.05, 0) is 128 Å². The van der Waals surface area contributed by atoms with E-state index in [-0.39, 0.29) is 29.9 Å². The van der Waals surface area contributed by atoms with Crippen molar-refractivity contribution in [1.29, 1.82) is 0 Å². The first-order valence-corrected chi connectivity index (χ1v) is 19.8. The van der Waals surface area contributed by atoms with Crippen LogP contribution in [0.1, 0.15) is 91.9 Å². The number of ether oxygens (including phenoxy) is 1. The van der Waals surface area contributed by atoms with Crippen LogP contribution < -0.4 is 15.0 Å². The number of piperidine rings is 1. The molecule has 0 aromatic heterocycles. The zero-order valence-corrected chi connectivity index (χ0v) is 32.2.